The molecule has 4 heterocycles. The Hall–Kier alpha value is -2.82. The van der Waals surface area contributed by atoms with E-state index in [1.165, 1.54) is 0 Å². The number of carbonyl (C=O) groups is 1. The monoisotopic (exact) mass is 517 g/mol. The molecule has 33 heavy (non-hydrogen) atoms. The van der Waals surface area contributed by atoms with Crippen LogP contribution in [-0.4, -0.2) is 49.2 Å². The lowest BCUT2D eigenvalue weighted by molar-refractivity contribution is 0.0796. The Morgan fingerprint density at radius 2 is 2.09 bits per heavy atom. The molecule has 1 saturated carbocycles. The van der Waals surface area contributed by atoms with Crippen molar-refractivity contribution >= 4 is 27.7 Å². The second-order valence-corrected chi connectivity index (χ2v) is 9.84. The van der Waals surface area contributed by atoms with Gasteiger partial charge in [0, 0.05) is 37.6 Å². The minimum absolute atomic E-state index is 0.0838. The van der Waals surface area contributed by atoms with Gasteiger partial charge in [0.05, 0.1) is 48.2 Å². The number of rotatable bonds is 5. The van der Waals surface area contributed by atoms with Crippen molar-refractivity contribution in [2.75, 3.05) is 18.0 Å². The number of nitrogens with zero attached hydrogens (tertiary/aromatic N) is 6. The van der Waals surface area contributed by atoms with Gasteiger partial charge in [0.25, 0.3) is 11.8 Å². The van der Waals surface area contributed by atoms with Crippen LogP contribution in [0.15, 0.2) is 35.5 Å². The van der Waals surface area contributed by atoms with Crippen molar-refractivity contribution in [3.63, 3.8) is 0 Å². The van der Waals surface area contributed by atoms with Crippen LogP contribution in [0.2, 0.25) is 0 Å². The van der Waals surface area contributed by atoms with Gasteiger partial charge in [-0.1, -0.05) is 6.07 Å². The summed E-state index contributed by atoms with van der Waals surface area (Å²) in [6, 6.07) is 3.68. The Morgan fingerprint density at radius 3 is 2.85 bits per heavy atom. The van der Waals surface area contributed by atoms with Crippen molar-refractivity contribution in [3.8, 4) is 0 Å². The van der Waals surface area contributed by atoms with Crippen molar-refractivity contribution in [2.45, 2.75) is 31.4 Å². The predicted molar refractivity (Wildman–Crippen MR) is 119 cm³/mol. The molecule has 11 heteroatoms. The first-order valence-electron chi connectivity index (χ1n) is 10.9. The highest BCUT2D eigenvalue weighted by atomic mass is 79.9. The highest BCUT2D eigenvalue weighted by Crippen LogP contribution is 2.59. The quantitative estimate of drug-likeness (QED) is 0.526. The summed E-state index contributed by atoms with van der Waals surface area (Å²) in [5.41, 5.74) is 3.47. The van der Waals surface area contributed by atoms with E-state index < -0.39 is 17.8 Å². The second kappa shape index (κ2) is 7.34. The van der Waals surface area contributed by atoms with E-state index in [-0.39, 0.29) is 11.9 Å². The standard InChI is InChI=1S/C22H22BrF2N7O/c1-30-11-26-19-16(3-4-17(19)30)28-21(33)13-6-27-32(8-13)7-12-2-5-18(29-20(12)23)31-9-14-15(10-31)22(14,24)25/h2,5-6,8,11,14-16H,3-4,7,9-10H2,1H3,(H,28,33)/t14?,15?,16-/m1/s1. The van der Waals surface area contributed by atoms with E-state index in [1.807, 2.05) is 28.6 Å². The van der Waals surface area contributed by atoms with Gasteiger partial charge in [-0.3, -0.25) is 9.48 Å². The summed E-state index contributed by atoms with van der Waals surface area (Å²) in [6.45, 7) is 1.11. The number of halogens is 3. The third-order valence-corrected chi connectivity index (χ3v) is 7.75. The zero-order valence-corrected chi connectivity index (χ0v) is 19.5. The summed E-state index contributed by atoms with van der Waals surface area (Å²) in [7, 11) is 1.96. The third-order valence-electron chi connectivity index (χ3n) is 7.06. The lowest BCUT2D eigenvalue weighted by atomic mass is 10.2. The fourth-order valence-electron chi connectivity index (χ4n) is 5.05. The van der Waals surface area contributed by atoms with E-state index in [2.05, 4.69) is 36.3 Å². The minimum Gasteiger partial charge on any atom is -0.356 e. The maximum absolute atomic E-state index is 13.5. The maximum atomic E-state index is 13.5. The van der Waals surface area contributed by atoms with Gasteiger partial charge in [-0.2, -0.15) is 5.10 Å². The first kappa shape index (κ1) is 20.8. The number of carbonyl (C=O) groups excluding carboxylic acids is 1. The number of alkyl halides is 2. The molecule has 172 valence electrons. The van der Waals surface area contributed by atoms with Gasteiger partial charge >= 0.3 is 0 Å². The molecule has 1 saturated heterocycles. The average molecular weight is 518 g/mol. The third kappa shape index (κ3) is 3.44. The molecule has 2 aliphatic carbocycles. The molecule has 6 rings (SSSR count). The first-order valence-corrected chi connectivity index (χ1v) is 11.7. The van der Waals surface area contributed by atoms with Crippen LogP contribution in [0.3, 0.4) is 0 Å². The number of fused-ring (bicyclic) bond motifs is 2. The van der Waals surface area contributed by atoms with Crippen molar-refractivity contribution in [3.05, 3.63) is 58.0 Å². The van der Waals surface area contributed by atoms with Crippen LogP contribution in [0.4, 0.5) is 14.6 Å². The van der Waals surface area contributed by atoms with Crippen molar-refractivity contribution < 1.29 is 13.6 Å². The number of piperidine rings is 1. The summed E-state index contributed by atoms with van der Waals surface area (Å²) in [6.07, 6.45) is 6.78. The number of nitrogens with one attached hydrogen (secondary N) is 1. The van der Waals surface area contributed by atoms with Crippen LogP contribution in [0.5, 0.6) is 0 Å². The summed E-state index contributed by atoms with van der Waals surface area (Å²) >= 11 is 3.50. The molecule has 1 N–H and O–H groups in total. The Morgan fingerprint density at radius 1 is 1.30 bits per heavy atom. The molecule has 0 radical (unpaired) electrons. The minimum atomic E-state index is -2.50. The van der Waals surface area contributed by atoms with Gasteiger partial charge in [0.15, 0.2) is 0 Å². The summed E-state index contributed by atoms with van der Waals surface area (Å²) in [5, 5.41) is 7.38. The fourth-order valence-corrected chi connectivity index (χ4v) is 5.49. The van der Waals surface area contributed by atoms with Crippen LogP contribution in [-0.2, 0) is 20.0 Å². The van der Waals surface area contributed by atoms with E-state index in [0.29, 0.717) is 35.6 Å². The second-order valence-electron chi connectivity index (χ2n) is 9.09. The SMILES string of the molecule is Cn1cnc2c1CC[C@H]2NC(=O)c1cnn(Cc2ccc(N3CC4C(C3)C4(F)F)nc2Br)c1. The number of amides is 1. The predicted octanol–water partition coefficient (Wildman–Crippen LogP) is 2.94. The number of hydrogen-bond donors (Lipinski definition) is 1. The van der Waals surface area contributed by atoms with Crippen LogP contribution in [0.1, 0.15) is 39.8 Å². The lowest BCUT2D eigenvalue weighted by Crippen LogP contribution is -2.28. The van der Waals surface area contributed by atoms with Crippen LogP contribution in [0, 0.1) is 11.8 Å². The van der Waals surface area contributed by atoms with E-state index in [9.17, 15) is 13.6 Å². The van der Waals surface area contributed by atoms with E-state index in [0.717, 1.165) is 29.8 Å². The van der Waals surface area contributed by atoms with Gasteiger partial charge in [-0.05, 0) is 34.8 Å². The molecule has 3 aliphatic rings. The molecule has 0 spiro atoms. The van der Waals surface area contributed by atoms with Crippen LogP contribution < -0.4 is 10.2 Å². The summed E-state index contributed by atoms with van der Waals surface area (Å²) < 4.78 is 31.2. The number of hydrogen-bond acceptors (Lipinski definition) is 5. The largest absolute Gasteiger partial charge is 0.356 e. The molecule has 0 bridgehead atoms. The van der Waals surface area contributed by atoms with Crippen LogP contribution in [0.25, 0.3) is 0 Å². The van der Waals surface area contributed by atoms with Crippen molar-refractivity contribution in [1.29, 1.82) is 0 Å². The number of pyridine rings is 1. The molecule has 2 fully saturated rings. The summed E-state index contributed by atoms with van der Waals surface area (Å²) in [4.78, 5) is 23.6. The lowest BCUT2D eigenvalue weighted by Gasteiger charge is -2.21. The van der Waals surface area contributed by atoms with E-state index >= 15 is 0 Å². The smallest absolute Gasteiger partial charge is 0.258 e. The molecular formula is C22H22BrF2N7O. The Kier molecular flexibility index (Phi) is 4.62. The zero-order valence-electron chi connectivity index (χ0n) is 17.9. The average Bonchev–Trinajstić information content (AvgIpc) is 3.41. The topological polar surface area (TPSA) is 80.9 Å². The summed E-state index contributed by atoms with van der Waals surface area (Å²) in [5.74, 6) is -3.07. The maximum Gasteiger partial charge on any atom is 0.258 e. The van der Waals surface area contributed by atoms with Crippen molar-refractivity contribution in [1.82, 2.24) is 29.6 Å². The van der Waals surface area contributed by atoms with Gasteiger partial charge < -0.3 is 14.8 Å². The molecule has 2 unspecified atom stereocenters. The number of anilines is 1. The molecule has 3 atom stereocenters. The van der Waals surface area contributed by atoms with Gasteiger partial charge in [-0.15, -0.1) is 0 Å². The Bertz CT molecular complexity index is 1240. The van der Waals surface area contributed by atoms with Gasteiger partial charge in [0.2, 0.25) is 0 Å². The molecule has 8 nitrogen and oxygen atoms in total. The van der Waals surface area contributed by atoms with Crippen LogP contribution >= 0.6 is 15.9 Å². The number of imidazole rings is 1. The molecule has 3 aromatic rings. The fraction of sp³-hybridized carbons (Fsp3) is 0.455. The van der Waals surface area contributed by atoms with Gasteiger partial charge in [0.1, 0.15) is 10.4 Å². The Balaban J connectivity index is 1.10. The normalized spacial score (nSPS) is 24.6. The Labute approximate surface area is 197 Å². The molecule has 1 amide bonds. The van der Waals surface area contributed by atoms with Gasteiger partial charge in [-0.25, -0.2) is 18.7 Å². The molecule has 3 aromatic heterocycles. The molecule has 0 aromatic carbocycles. The molecule has 1 aliphatic heterocycles. The van der Waals surface area contributed by atoms with E-state index in [1.54, 1.807) is 23.4 Å². The number of aromatic nitrogens is 5. The zero-order chi connectivity index (χ0) is 22.9. The van der Waals surface area contributed by atoms with Crippen molar-refractivity contribution in [2.24, 2.45) is 18.9 Å². The first-order chi connectivity index (χ1) is 15.8. The molecular weight excluding hydrogens is 496 g/mol. The highest BCUT2D eigenvalue weighted by Gasteiger charge is 2.71. The number of aryl methyl sites for hydroxylation is 1. The van der Waals surface area contributed by atoms with E-state index in [4.69, 9.17) is 0 Å². The highest BCUT2D eigenvalue weighted by molar-refractivity contribution is 9.10.